The molecule has 16 aromatic rings. The summed E-state index contributed by atoms with van der Waals surface area (Å²) in [6.07, 6.45) is 0. The Balaban J connectivity index is 0.994. The molecule has 0 spiro atoms. The van der Waals surface area contributed by atoms with E-state index in [9.17, 15) is 0 Å². The molecule has 0 fully saturated rings. The molecule has 5 heterocycles. The van der Waals surface area contributed by atoms with Crippen LogP contribution in [0.15, 0.2) is 303 Å². The number of aromatic nitrogens is 12. The van der Waals surface area contributed by atoms with Gasteiger partial charge >= 0.3 is 0 Å². The molecule has 91 heavy (non-hydrogen) atoms. The highest BCUT2D eigenvalue weighted by atomic mass is 15.1. The van der Waals surface area contributed by atoms with Crippen molar-refractivity contribution >= 4 is 21.8 Å². The summed E-state index contributed by atoms with van der Waals surface area (Å²) in [7, 11) is 0. The summed E-state index contributed by atoms with van der Waals surface area (Å²) >= 11 is 0. The third kappa shape index (κ3) is 10.7. The first kappa shape index (κ1) is 53.8. The van der Waals surface area contributed by atoms with Crippen molar-refractivity contribution in [2.24, 2.45) is 0 Å². The lowest BCUT2D eigenvalue weighted by atomic mass is 10.0. The highest BCUT2D eigenvalue weighted by Crippen LogP contribution is 2.42. The fourth-order valence-corrected chi connectivity index (χ4v) is 11.5. The molecule has 0 atom stereocenters. The molecule has 426 valence electrons. The van der Waals surface area contributed by atoms with Gasteiger partial charge in [0.25, 0.3) is 0 Å². The van der Waals surface area contributed by atoms with Crippen LogP contribution < -0.4 is 0 Å². The van der Waals surface area contributed by atoms with E-state index in [0.29, 0.717) is 63.8 Å². The largest absolute Gasteiger partial charge is 0.308 e. The molecular weight excluding hydrogens is 1120 g/mol. The van der Waals surface area contributed by atoms with Crippen molar-refractivity contribution in [2.45, 2.75) is 0 Å². The SMILES string of the molecule is c1ccc(-c2cc(-c3ccccc3)nc(-c3ccc(-n4c5cc(-c6nc(-c7ccccc7)nc(-c7ccccc7)n6)ccc5c5ccc(-c6nc(-c7ccccc7)nc(-c7ccccc7)n6)cc54)c(-c4nc(-c5ccccc5)nc(-c5ccccc5)n4)c3)n2)cc1. The van der Waals surface area contributed by atoms with Gasteiger partial charge in [0, 0.05) is 77.5 Å². The zero-order valence-electron chi connectivity index (χ0n) is 48.7. The molecule has 0 bridgehead atoms. The number of fused-ring (bicyclic) bond motifs is 3. The summed E-state index contributed by atoms with van der Waals surface area (Å²) in [5.74, 6) is 5.23. The van der Waals surface area contributed by atoms with E-state index in [4.69, 9.17) is 54.8 Å². The maximum absolute atomic E-state index is 5.45. The molecule has 0 radical (unpaired) electrons. The monoisotopic (exact) mass is 1170 g/mol. The number of nitrogens with zero attached hydrogens (tertiary/aromatic N) is 12. The minimum Gasteiger partial charge on any atom is -0.308 e. The fraction of sp³-hybridized carbons (Fsp3) is 0. The number of hydrogen-bond acceptors (Lipinski definition) is 11. The standard InChI is InChI=1S/C79H50N12/c1-9-25-51(26-10-1)65-50-66(52-27-11-2-12-28-52)81-76(80-65)59-43-46-67(64(47-59)79-89-74(57-37-21-7-22-38-57)84-75(90-79)58-39-23-8-24-40-58)91-68-48-60(77-85-70(53-29-13-3-14-30-53)82-71(86-77)54-31-15-4-16-32-54)41-44-62(68)63-45-42-61(49-69(63)91)78-87-72(55-33-17-5-18-34-55)83-73(88-78)56-35-19-6-20-36-56/h1-50H. The molecule has 0 saturated heterocycles. The van der Waals surface area contributed by atoms with E-state index in [1.54, 1.807) is 0 Å². The van der Waals surface area contributed by atoms with Crippen LogP contribution in [0.3, 0.4) is 0 Å². The Kier molecular flexibility index (Phi) is 13.9. The first-order chi connectivity index (χ1) is 45.1. The Labute approximate surface area is 523 Å². The Hall–Kier alpha value is -12.7. The third-order valence-electron chi connectivity index (χ3n) is 16.0. The smallest absolute Gasteiger partial charge is 0.166 e. The van der Waals surface area contributed by atoms with E-state index >= 15 is 0 Å². The summed E-state index contributed by atoms with van der Waals surface area (Å²) < 4.78 is 2.29. The maximum Gasteiger partial charge on any atom is 0.166 e. The van der Waals surface area contributed by atoms with Crippen molar-refractivity contribution in [3.63, 3.8) is 0 Å². The average Bonchev–Trinajstić information content (AvgIpc) is 1.63. The lowest BCUT2D eigenvalue weighted by Gasteiger charge is -2.17. The van der Waals surface area contributed by atoms with Crippen LogP contribution in [0.2, 0.25) is 0 Å². The van der Waals surface area contributed by atoms with E-state index < -0.39 is 0 Å². The van der Waals surface area contributed by atoms with Crippen molar-refractivity contribution in [3.8, 4) is 142 Å². The van der Waals surface area contributed by atoms with Crippen LogP contribution in [0.5, 0.6) is 0 Å². The molecule has 0 aliphatic rings. The Morgan fingerprint density at radius 1 is 0.176 bits per heavy atom. The second-order valence-electron chi connectivity index (χ2n) is 21.8. The molecule has 12 heteroatoms. The number of benzene rings is 11. The van der Waals surface area contributed by atoms with Crippen LogP contribution in [0.25, 0.3) is 164 Å². The van der Waals surface area contributed by atoms with Gasteiger partial charge in [0.15, 0.2) is 58.2 Å². The summed E-state index contributed by atoms with van der Waals surface area (Å²) in [4.78, 5) is 57.8. The normalized spacial score (nSPS) is 11.3. The third-order valence-corrected chi connectivity index (χ3v) is 16.0. The Morgan fingerprint density at radius 3 is 0.725 bits per heavy atom. The molecule has 0 aliphatic heterocycles. The molecule has 5 aromatic heterocycles. The zero-order chi connectivity index (χ0) is 60.5. The fourth-order valence-electron chi connectivity index (χ4n) is 11.5. The van der Waals surface area contributed by atoms with Crippen molar-refractivity contribution < 1.29 is 0 Å². The first-order valence-electron chi connectivity index (χ1n) is 29.9. The molecule has 0 unspecified atom stereocenters. The van der Waals surface area contributed by atoms with Crippen LogP contribution in [0, 0.1) is 0 Å². The summed E-state index contributed by atoms with van der Waals surface area (Å²) in [6.45, 7) is 0. The topological polar surface area (TPSA) is 147 Å². The molecule has 0 saturated carbocycles. The lowest BCUT2D eigenvalue weighted by molar-refractivity contribution is 1.06. The molecule has 16 rings (SSSR count). The van der Waals surface area contributed by atoms with E-state index in [-0.39, 0.29) is 0 Å². The quantitative estimate of drug-likeness (QED) is 0.109. The van der Waals surface area contributed by atoms with E-state index in [1.165, 1.54) is 0 Å². The van der Waals surface area contributed by atoms with Crippen LogP contribution in [-0.2, 0) is 0 Å². The van der Waals surface area contributed by atoms with Crippen molar-refractivity contribution in [3.05, 3.63) is 303 Å². The van der Waals surface area contributed by atoms with Gasteiger partial charge < -0.3 is 4.57 Å². The van der Waals surface area contributed by atoms with E-state index in [1.807, 2.05) is 218 Å². The number of rotatable bonds is 13. The van der Waals surface area contributed by atoms with Gasteiger partial charge in [-0.1, -0.05) is 267 Å². The summed E-state index contributed by atoms with van der Waals surface area (Å²) in [5, 5.41) is 1.95. The van der Waals surface area contributed by atoms with Crippen LogP contribution in [0.1, 0.15) is 0 Å². The van der Waals surface area contributed by atoms with Crippen molar-refractivity contribution in [2.75, 3.05) is 0 Å². The zero-order valence-corrected chi connectivity index (χ0v) is 48.7. The van der Waals surface area contributed by atoms with Gasteiger partial charge in [-0.05, 0) is 36.4 Å². The minimum atomic E-state index is 0.435. The minimum absolute atomic E-state index is 0.435. The first-order valence-corrected chi connectivity index (χ1v) is 29.9. The van der Waals surface area contributed by atoms with Gasteiger partial charge in [0.05, 0.1) is 28.1 Å². The number of hydrogen-bond donors (Lipinski definition) is 0. The van der Waals surface area contributed by atoms with Crippen molar-refractivity contribution in [1.82, 2.24) is 59.4 Å². The maximum atomic E-state index is 5.45. The average molecular weight is 1170 g/mol. The molecule has 0 N–H and O–H groups in total. The van der Waals surface area contributed by atoms with Gasteiger partial charge in [0.1, 0.15) is 0 Å². The second kappa shape index (κ2) is 23.5. The molecular formula is C79H50N12. The van der Waals surface area contributed by atoms with Crippen LogP contribution in [-0.4, -0.2) is 59.4 Å². The molecule has 12 nitrogen and oxygen atoms in total. The highest BCUT2D eigenvalue weighted by molar-refractivity contribution is 6.11. The second-order valence-corrected chi connectivity index (χ2v) is 21.8. The van der Waals surface area contributed by atoms with Gasteiger partial charge in [-0.3, -0.25) is 0 Å². The van der Waals surface area contributed by atoms with Crippen LogP contribution in [0.4, 0.5) is 0 Å². The van der Waals surface area contributed by atoms with Gasteiger partial charge in [-0.15, -0.1) is 0 Å². The Morgan fingerprint density at radius 2 is 0.418 bits per heavy atom. The van der Waals surface area contributed by atoms with Gasteiger partial charge in [-0.25, -0.2) is 54.8 Å². The Bertz CT molecular complexity index is 4900. The summed E-state index contributed by atoms with van der Waals surface area (Å²) in [6, 6.07) is 102. The van der Waals surface area contributed by atoms with Gasteiger partial charge in [0.2, 0.25) is 0 Å². The molecule has 11 aromatic carbocycles. The van der Waals surface area contributed by atoms with E-state index in [2.05, 4.69) is 89.5 Å². The summed E-state index contributed by atoms with van der Waals surface area (Å²) in [5.41, 5.74) is 14.1. The van der Waals surface area contributed by atoms with Crippen molar-refractivity contribution in [1.29, 1.82) is 0 Å². The lowest BCUT2D eigenvalue weighted by Crippen LogP contribution is -2.05. The highest BCUT2D eigenvalue weighted by Gasteiger charge is 2.24. The van der Waals surface area contributed by atoms with E-state index in [0.717, 1.165) is 100 Å². The van der Waals surface area contributed by atoms with Gasteiger partial charge in [-0.2, -0.15) is 0 Å². The van der Waals surface area contributed by atoms with Crippen LogP contribution >= 0.6 is 0 Å². The predicted molar refractivity (Wildman–Crippen MR) is 362 cm³/mol. The molecule has 0 amide bonds. The predicted octanol–water partition coefficient (Wildman–Crippen LogP) is 18.1. The molecule has 0 aliphatic carbocycles.